The van der Waals surface area contributed by atoms with Crippen molar-refractivity contribution in [2.24, 2.45) is 5.92 Å². The molecule has 6 nitrogen and oxygen atoms in total. The van der Waals surface area contributed by atoms with Gasteiger partial charge < -0.3 is 15.5 Å². The summed E-state index contributed by atoms with van der Waals surface area (Å²) >= 11 is 0. The van der Waals surface area contributed by atoms with Gasteiger partial charge in [-0.25, -0.2) is 0 Å². The van der Waals surface area contributed by atoms with E-state index in [0.717, 1.165) is 24.1 Å². The molecule has 0 saturated carbocycles. The van der Waals surface area contributed by atoms with Crippen molar-refractivity contribution in [1.29, 1.82) is 0 Å². The quantitative estimate of drug-likeness (QED) is 0.612. The lowest BCUT2D eigenvalue weighted by atomic mass is 9.88. The van der Waals surface area contributed by atoms with Gasteiger partial charge in [0.2, 0.25) is 5.91 Å². The van der Waals surface area contributed by atoms with Crippen molar-refractivity contribution in [3.05, 3.63) is 70.8 Å². The van der Waals surface area contributed by atoms with Crippen LogP contribution in [0.3, 0.4) is 0 Å². The van der Waals surface area contributed by atoms with Crippen LogP contribution in [0.4, 0.5) is 13.2 Å². The number of nitrogens with zero attached hydrogens (tertiary/aromatic N) is 1. The first-order valence-electron chi connectivity index (χ1n) is 11.7. The minimum Gasteiger partial charge on any atom is -0.354 e. The molecular weight excluding hydrogens is 459 g/mol. The van der Waals surface area contributed by atoms with Crippen LogP contribution in [-0.4, -0.2) is 48.3 Å². The lowest BCUT2D eigenvalue weighted by Crippen LogP contribution is -2.54. The van der Waals surface area contributed by atoms with Crippen LogP contribution >= 0.6 is 0 Å². The summed E-state index contributed by atoms with van der Waals surface area (Å²) in [4.78, 5) is 40.1. The van der Waals surface area contributed by atoms with Crippen molar-refractivity contribution >= 4 is 17.7 Å². The first-order chi connectivity index (χ1) is 16.6. The molecule has 2 N–H and O–H groups in total. The maximum atomic E-state index is 12.9. The van der Waals surface area contributed by atoms with Crippen molar-refractivity contribution in [2.45, 2.75) is 45.3 Å². The van der Waals surface area contributed by atoms with Gasteiger partial charge in [0.1, 0.15) is 6.04 Å². The Bertz CT molecular complexity index is 1030. The number of hydrogen-bond donors (Lipinski definition) is 2. The van der Waals surface area contributed by atoms with E-state index in [9.17, 15) is 27.6 Å². The highest BCUT2D eigenvalue weighted by atomic mass is 19.4. The molecule has 0 aromatic heterocycles. The van der Waals surface area contributed by atoms with Gasteiger partial charge in [0.25, 0.3) is 11.8 Å². The largest absolute Gasteiger partial charge is 0.416 e. The zero-order valence-electron chi connectivity index (χ0n) is 19.8. The molecule has 2 aromatic carbocycles. The van der Waals surface area contributed by atoms with Gasteiger partial charge in [0.15, 0.2) is 0 Å². The average molecular weight is 490 g/mol. The fourth-order valence-corrected chi connectivity index (χ4v) is 4.11. The molecule has 0 radical (unpaired) electrons. The molecule has 1 atom stereocenters. The van der Waals surface area contributed by atoms with E-state index in [0.29, 0.717) is 38.0 Å². The van der Waals surface area contributed by atoms with Gasteiger partial charge in [-0.1, -0.05) is 24.6 Å². The monoisotopic (exact) mass is 489 g/mol. The lowest BCUT2D eigenvalue weighted by Gasteiger charge is -2.36. The third kappa shape index (κ3) is 6.83. The van der Waals surface area contributed by atoms with E-state index in [1.165, 1.54) is 12.1 Å². The third-order valence-electron chi connectivity index (χ3n) is 6.19. The molecule has 1 heterocycles. The van der Waals surface area contributed by atoms with E-state index in [4.69, 9.17) is 0 Å². The Labute approximate surface area is 202 Å². The Morgan fingerprint density at radius 1 is 0.971 bits per heavy atom. The maximum absolute atomic E-state index is 12.9. The molecule has 1 aliphatic rings. The molecule has 2 aromatic rings. The number of amides is 3. The summed E-state index contributed by atoms with van der Waals surface area (Å²) < 4.78 is 38.4. The van der Waals surface area contributed by atoms with Crippen molar-refractivity contribution < 1.29 is 27.6 Å². The molecule has 35 heavy (non-hydrogen) atoms. The maximum Gasteiger partial charge on any atom is 0.416 e. The highest BCUT2D eigenvalue weighted by molar-refractivity contribution is 5.97. The number of nitrogens with one attached hydrogen (secondary N) is 2. The van der Waals surface area contributed by atoms with Gasteiger partial charge in [-0.2, -0.15) is 13.2 Å². The van der Waals surface area contributed by atoms with Crippen LogP contribution in [0.2, 0.25) is 0 Å². The second-order valence-corrected chi connectivity index (χ2v) is 8.81. The number of carbonyl (C=O) groups is 3. The van der Waals surface area contributed by atoms with Crippen LogP contribution in [0.5, 0.6) is 0 Å². The second kappa shape index (κ2) is 11.4. The topological polar surface area (TPSA) is 78.5 Å². The summed E-state index contributed by atoms with van der Waals surface area (Å²) in [5, 5.41) is 5.71. The standard InChI is InChI=1S/C26H30F3N3O3/c1-3-14-30-24(34)22(31-23(33)19-6-4-17(2)5-7-19)18-12-15-32(16-13-18)25(35)20-8-10-21(11-9-20)26(27,28)29/h4-11,18,22H,3,12-16H2,1-2H3,(H,30,34)(H,31,33). The minimum absolute atomic E-state index is 0.182. The normalized spacial score (nSPS) is 15.4. The number of likely N-dealkylation sites (tertiary alicyclic amines) is 1. The molecule has 1 saturated heterocycles. The average Bonchev–Trinajstić information content (AvgIpc) is 2.85. The van der Waals surface area contributed by atoms with E-state index in [1.54, 1.807) is 17.0 Å². The number of benzene rings is 2. The molecule has 9 heteroatoms. The van der Waals surface area contributed by atoms with Gasteiger partial charge in [0.05, 0.1) is 5.56 Å². The van der Waals surface area contributed by atoms with Crippen molar-refractivity contribution in [3.63, 3.8) is 0 Å². The Balaban J connectivity index is 1.66. The summed E-state index contributed by atoms with van der Waals surface area (Å²) in [6.07, 6.45) is -2.75. The van der Waals surface area contributed by atoms with Crippen molar-refractivity contribution in [2.75, 3.05) is 19.6 Å². The molecule has 0 spiro atoms. The molecule has 1 unspecified atom stereocenters. The van der Waals surface area contributed by atoms with Gasteiger partial charge in [-0.3, -0.25) is 14.4 Å². The third-order valence-corrected chi connectivity index (χ3v) is 6.19. The number of piperidine rings is 1. The Morgan fingerprint density at radius 3 is 2.09 bits per heavy atom. The van der Waals surface area contributed by atoms with Crippen LogP contribution in [0, 0.1) is 12.8 Å². The summed E-state index contributed by atoms with van der Waals surface area (Å²) in [6, 6.07) is 10.5. The van der Waals surface area contributed by atoms with Gasteiger partial charge in [0, 0.05) is 30.8 Å². The van der Waals surface area contributed by atoms with E-state index in [1.807, 2.05) is 26.0 Å². The van der Waals surface area contributed by atoms with Crippen molar-refractivity contribution in [1.82, 2.24) is 15.5 Å². The smallest absolute Gasteiger partial charge is 0.354 e. The predicted molar refractivity (Wildman–Crippen MR) is 126 cm³/mol. The number of carbonyl (C=O) groups excluding carboxylic acids is 3. The van der Waals surface area contributed by atoms with E-state index < -0.39 is 17.8 Å². The SMILES string of the molecule is CCCNC(=O)C(NC(=O)c1ccc(C)cc1)C1CCN(C(=O)c2ccc(C(F)(F)F)cc2)CC1. The number of hydrogen-bond acceptors (Lipinski definition) is 3. The second-order valence-electron chi connectivity index (χ2n) is 8.81. The molecule has 1 fully saturated rings. The van der Waals surface area contributed by atoms with Crippen LogP contribution in [-0.2, 0) is 11.0 Å². The number of rotatable bonds is 7. The molecule has 1 aliphatic heterocycles. The minimum atomic E-state index is -4.46. The first-order valence-corrected chi connectivity index (χ1v) is 11.7. The number of halogens is 3. The predicted octanol–water partition coefficient (Wildman–Crippen LogP) is 4.19. The lowest BCUT2D eigenvalue weighted by molar-refractivity contribution is -0.137. The Kier molecular flexibility index (Phi) is 8.53. The molecule has 0 aliphatic carbocycles. The fourth-order valence-electron chi connectivity index (χ4n) is 4.11. The molecule has 0 bridgehead atoms. The molecule has 3 rings (SSSR count). The van der Waals surface area contributed by atoms with Gasteiger partial charge in [-0.15, -0.1) is 0 Å². The van der Waals surface area contributed by atoms with E-state index in [-0.39, 0.29) is 29.2 Å². The Hall–Kier alpha value is -3.36. The molecule has 3 amide bonds. The summed E-state index contributed by atoms with van der Waals surface area (Å²) in [6.45, 7) is 5.01. The zero-order chi connectivity index (χ0) is 25.6. The van der Waals surface area contributed by atoms with Crippen molar-refractivity contribution in [3.8, 4) is 0 Å². The van der Waals surface area contributed by atoms with Gasteiger partial charge >= 0.3 is 6.18 Å². The number of aryl methyl sites for hydroxylation is 1. The first kappa shape index (κ1) is 26.2. The fraction of sp³-hybridized carbons (Fsp3) is 0.423. The Morgan fingerprint density at radius 2 is 1.54 bits per heavy atom. The van der Waals surface area contributed by atoms with Gasteiger partial charge in [-0.05, 0) is 68.5 Å². The van der Waals surface area contributed by atoms with Crippen LogP contribution in [0.25, 0.3) is 0 Å². The number of alkyl halides is 3. The van der Waals surface area contributed by atoms with Crippen LogP contribution < -0.4 is 10.6 Å². The highest BCUT2D eigenvalue weighted by Gasteiger charge is 2.34. The zero-order valence-corrected chi connectivity index (χ0v) is 19.8. The summed E-state index contributed by atoms with van der Waals surface area (Å²) in [7, 11) is 0. The van der Waals surface area contributed by atoms with Crippen LogP contribution in [0.15, 0.2) is 48.5 Å². The molecular formula is C26H30F3N3O3. The summed E-state index contributed by atoms with van der Waals surface area (Å²) in [5.74, 6) is -1.14. The molecule has 188 valence electrons. The highest BCUT2D eigenvalue weighted by Crippen LogP contribution is 2.29. The van der Waals surface area contributed by atoms with E-state index in [2.05, 4.69) is 10.6 Å². The van der Waals surface area contributed by atoms with Crippen LogP contribution in [0.1, 0.15) is 58.0 Å². The van der Waals surface area contributed by atoms with E-state index >= 15 is 0 Å². The summed E-state index contributed by atoms with van der Waals surface area (Å²) in [5.41, 5.74) is 0.849.